The molecule has 1 amide bonds. The first-order chi connectivity index (χ1) is 6.63. The van der Waals surface area contributed by atoms with Crippen LogP contribution in [0.5, 0.6) is 0 Å². The molecular weight excluding hydrogens is 176 g/mol. The molecule has 74 valence electrons. The number of hydrogen-bond donors (Lipinski definition) is 2. The number of amides is 1. The SMILES string of the molecule is Cc1cc(CN)cc2c1NC(=O)C2C. The van der Waals surface area contributed by atoms with Gasteiger partial charge in [0.15, 0.2) is 0 Å². The van der Waals surface area contributed by atoms with E-state index in [1.54, 1.807) is 0 Å². The van der Waals surface area contributed by atoms with Gasteiger partial charge < -0.3 is 11.1 Å². The first kappa shape index (κ1) is 9.21. The molecule has 14 heavy (non-hydrogen) atoms. The maximum Gasteiger partial charge on any atom is 0.231 e. The number of nitrogens with two attached hydrogens (primary N) is 1. The van der Waals surface area contributed by atoms with Gasteiger partial charge >= 0.3 is 0 Å². The smallest absolute Gasteiger partial charge is 0.231 e. The molecule has 3 N–H and O–H groups in total. The van der Waals surface area contributed by atoms with Crippen molar-refractivity contribution in [3.63, 3.8) is 0 Å². The number of carbonyl (C=O) groups is 1. The highest BCUT2D eigenvalue weighted by molar-refractivity contribution is 6.03. The Morgan fingerprint density at radius 2 is 2.21 bits per heavy atom. The third kappa shape index (κ3) is 1.21. The summed E-state index contributed by atoms with van der Waals surface area (Å²) >= 11 is 0. The molecule has 1 atom stereocenters. The number of hydrogen-bond acceptors (Lipinski definition) is 2. The van der Waals surface area contributed by atoms with E-state index in [1.807, 2.05) is 26.0 Å². The maximum atomic E-state index is 11.4. The van der Waals surface area contributed by atoms with E-state index in [0.29, 0.717) is 6.54 Å². The predicted molar refractivity (Wildman–Crippen MR) is 56.1 cm³/mol. The van der Waals surface area contributed by atoms with Crippen LogP contribution in [-0.2, 0) is 11.3 Å². The molecule has 0 aromatic heterocycles. The molecular formula is C11H14N2O. The largest absolute Gasteiger partial charge is 0.326 e. The van der Waals surface area contributed by atoms with Crippen LogP contribution in [0.15, 0.2) is 12.1 Å². The molecule has 3 nitrogen and oxygen atoms in total. The van der Waals surface area contributed by atoms with Crippen molar-refractivity contribution in [3.8, 4) is 0 Å². The summed E-state index contributed by atoms with van der Waals surface area (Å²) in [6.45, 7) is 4.44. The summed E-state index contributed by atoms with van der Waals surface area (Å²) in [7, 11) is 0. The Morgan fingerprint density at radius 1 is 1.50 bits per heavy atom. The van der Waals surface area contributed by atoms with Gasteiger partial charge in [-0.3, -0.25) is 4.79 Å². The lowest BCUT2D eigenvalue weighted by molar-refractivity contribution is -0.116. The minimum absolute atomic E-state index is 0.0461. The van der Waals surface area contributed by atoms with Crippen LogP contribution in [-0.4, -0.2) is 5.91 Å². The second-order valence-corrected chi connectivity index (χ2v) is 3.79. The lowest BCUT2D eigenvalue weighted by atomic mass is 9.98. The highest BCUT2D eigenvalue weighted by Gasteiger charge is 2.27. The number of aryl methyl sites for hydroxylation is 1. The molecule has 1 aromatic rings. The van der Waals surface area contributed by atoms with Crippen molar-refractivity contribution < 1.29 is 4.79 Å². The van der Waals surface area contributed by atoms with Crippen molar-refractivity contribution in [2.45, 2.75) is 26.3 Å². The molecule has 1 unspecified atom stereocenters. The third-order valence-corrected chi connectivity index (χ3v) is 2.77. The third-order valence-electron chi connectivity index (χ3n) is 2.77. The van der Waals surface area contributed by atoms with Gasteiger partial charge in [0.2, 0.25) is 5.91 Å². The number of anilines is 1. The second-order valence-electron chi connectivity index (χ2n) is 3.79. The van der Waals surface area contributed by atoms with E-state index < -0.39 is 0 Å². The van der Waals surface area contributed by atoms with E-state index in [2.05, 4.69) is 5.32 Å². The van der Waals surface area contributed by atoms with E-state index >= 15 is 0 Å². The zero-order valence-corrected chi connectivity index (χ0v) is 8.42. The highest BCUT2D eigenvalue weighted by Crippen LogP contribution is 2.35. The molecule has 0 aliphatic carbocycles. The zero-order chi connectivity index (χ0) is 10.3. The summed E-state index contributed by atoms with van der Waals surface area (Å²) in [5.41, 5.74) is 9.82. The van der Waals surface area contributed by atoms with Gasteiger partial charge in [0.05, 0.1) is 5.92 Å². The van der Waals surface area contributed by atoms with Gasteiger partial charge in [-0.15, -0.1) is 0 Å². The van der Waals surface area contributed by atoms with Gasteiger partial charge in [-0.05, 0) is 30.5 Å². The van der Waals surface area contributed by atoms with Crippen LogP contribution in [0.3, 0.4) is 0 Å². The Balaban J connectivity index is 2.57. The molecule has 3 heteroatoms. The minimum Gasteiger partial charge on any atom is -0.326 e. The fourth-order valence-electron chi connectivity index (χ4n) is 1.89. The lowest BCUT2D eigenvalue weighted by Crippen LogP contribution is -2.08. The van der Waals surface area contributed by atoms with E-state index in [1.165, 1.54) is 0 Å². The topological polar surface area (TPSA) is 55.1 Å². The molecule has 2 rings (SSSR count). The number of carbonyl (C=O) groups excluding carboxylic acids is 1. The van der Waals surface area contributed by atoms with Gasteiger partial charge in [-0.1, -0.05) is 12.1 Å². The van der Waals surface area contributed by atoms with Crippen molar-refractivity contribution in [1.29, 1.82) is 0 Å². The monoisotopic (exact) mass is 190 g/mol. The Morgan fingerprint density at radius 3 is 2.86 bits per heavy atom. The lowest BCUT2D eigenvalue weighted by Gasteiger charge is -2.07. The van der Waals surface area contributed by atoms with Gasteiger partial charge in [0.25, 0.3) is 0 Å². The van der Waals surface area contributed by atoms with Gasteiger partial charge in [0, 0.05) is 12.2 Å². The van der Waals surface area contributed by atoms with Crippen molar-refractivity contribution >= 4 is 11.6 Å². The summed E-state index contributed by atoms with van der Waals surface area (Å²) in [5, 5.41) is 2.89. The standard InChI is InChI=1S/C11H14N2O/c1-6-3-8(5-12)4-9-7(2)11(14)13-10(6)9/h3-4,7H,5,12H2,1-2H3,(H,13,14). The van der Waals surface area contributed by atoms with Crippen molar-refractivity contribution in [2.75, 3.05) is 5.32 Å². The molecule has 0 radical (unpaired) electrons. The first-order valence-electron chi connectivity index (χ1n) is 4.78. The molecule has 0 saturated heterocycles. The predicted octanol–water partition coefficient (Wildman–Crippen LogP) is 1.51. The van der Waals surface area contributed by atoms with Crippen LogP contribution in [0, 0.1) is 6.92 Å². The molecule has 0 saturated carbocycles. The molecule has 1 heterocycles. The van der Waals surface area contributed by atoms with E-state index in [4.69, 9.17) is 5.73 Å². The van der Waals surface area contributed by atoms with Crippen molar-refractivity contribution in [2.24, 2.45) is 5.73 Å². The molecule has 1 aliphatic heterocycles. The maximum absolute atomic E-state index is 11.4. The number of rotatable bonds is 1. The highest BCUT2D eigenvalue weighted by atomic mass is 16.2. The van der Waals surface area contributed by atoms with E-state index in [0.717, 1.165) is 22.4 Å². The summed E-state index contributed by atoms with van der Waals surface area (Å²) in [6, 6.07) is 4.04. The van der Waals surface area contributed by atoms with Crippen LogP contribution >= 0.6 is 0 Å². The van der Waals surface area contributed by atoms with Crippen LogP contribution in [0.1, 0.15) is 29.5 Å². The van der Waals surface area contributed by atoms with Gasteiger partial charge in [0.1, 0.15) is 0 Å². The van der Waals surface area contributed by atoms with Gasteiger partial charge in [-0.25, -0.2) is 0 Å². The number of fused-ring (bicyclic) bond motifs is 1. The van der Waals surface area contributed by atoms with Gasteiger partial charge in [-0.2, -0.15) is 0 Å². The Labute approximate surface area is 83.3 Å². The number of nitrogens with one attached hydrogen (secondary N) is 1. The van der Waals surface area contributed by atoms with Crippen LogP contribution in [0.25, 0.3) is 0 Å². The summed E-state index contributed by atoms with van der Waals surface area (Å²) in [5.74, 6) is 0.0347. The fourth-order valence-corrected chi connectivity index (χ4v) is 1.89. The van der Waals surface area contributed by atoms with E-state index in [-0.39, 0.29) is 11.8 Å². The van der Waals surface area contributed by atoms with Crippen molar-refractivity contribution in [3.05, 3.63) is 28.8 Å². The summed E-state index contributed by atoms with van der Waals surface area (Å²) in [4.78, 5) is 11.4. The molecule has 0 bridgehead atoms. The zero-order valence-electron chi connectivity index (χ0n) is 8.42. The number of benzene rings is 1. The Hall–Kier alpha value is -1.35. The molecule has 0 spiro atoms. The summed E-state index contributed by atoms with van der Waals surface area (Å²) in [6.07, 6.45) is 0. The van der Waals surface area contributed by atoms with Crippen LogP contribution in [0.4, 0.5) is 5.69 Å². The molecule has 1 aliphatic rings. The first-order valence-corrected chi connectivity index (χ1v) is 4.78. The van der Waals surface area contributed by atoms with Crippen LogP contribution < -0.4 is 11.1 Å². The van der Waals surface area contributed by atoms with Crippen molar-refractivity contribution in [1.82, 2.24) is 0 Å². The van der Waals surface area contributed by atoms with Crippen LogP contribution in [0.2, 0.25) is 0 Å². The normalized spacial score (nSPS) is 19.4. The fraction of sp³-hybridized carbons (Fsp3) is 0.364. The minimum atomic E-state index is -0.0461. The second kappa shape index (κ2) is 3.10. The van der Waals surface area contributed by atoms with E-state index in [9.17, 15) is 4.79 Å². The Bertz CT molecular complexity index is 399. The molecule has 1 aromatic carbocycles. The average molecular weight is 190 g/mol. The summed E-state index contributed by atoms with van der Waals surface area (Å²) < 4.78 is 0. The molecule has 0 fully saturated rings. The average Bonchev–Trinajstić information content (AvgIpc) is 2.45. The Kier molecular flexibility index (Phi) is 2.04. The quantitative estimate of drug-likeness (QED) is 0.705.